The number of aromatic nitrogens is 3. The highest BCUT2D eigenvalue weighted by Crippen LogP contribution is 2.27. The van der Waals surface area contributed by atoms with E-state index in [1.807, 2.05) is 36.7 Å². The molecule has 0 spiro atoms. The van der Waals surface area contributed by atoms with Gasteiger partial charge in [-0.25, -0.2) is 0 Å². The SMILES string of the molecule is CCCCc1nnc(S[C@@H](C)C(=O)NCCc2ccc(OC)c(OC)c2)n1C. The summed E-state index contributed by atoms with van der Waals surface area (Å²) >= 11 is 1.43. The second-order valence-electron chi connectivity index (χ2n) is 6.55. The van der Waals surface area contributed by atoms with Crippen LogP contribution < -0.4 is 14.8 Å². The summed E-state index contributed by atoms with van der Waals surface area (Å²) in [6.07, 6.45) is 3.83. The summed E-state index contributed by atoms with van der Waals surface area (Å²) in [5.41, 5.74) is 1.08. The molecular weight excluding hydrogens is 376 g/mol. The van der Waals surface area contributed by atoms with Crippen molar-refractivity contribution in [3.05, 3.63) is 29.6 Å². The second-order valence-corrected chi connectivity index (χ2v) is 7.86. The van der Waals surface area contributed by atoms with Crippen molar-refractivity contribution in [2.45, 2.75) is 49.9 Å². The number of amides is 1. The number of hydrogen-bond donors (Lipinski definition) is 1. The molecule has 1 amide bonds. The van der Waals surface area contributed by atoms with E-state index in [0.717, 1.165) is 35.8 Å². The van der Waals surface area contributed by atoms with Gasteiger partial charge in [0.25, 0.3) is 0 Å². The Hall–Kier alpha value is -2.22. The smallest absolute Gasteiger partial charge is 0.233 e. The van der Waals surface area contributed by atoms with Crippen LogP contribution in [-0.2, 0) is 24.7 Å². The molecule has 0 radical (unpaired) electrons. The Balaban J connectivity index is 1.84. The summed E-state index contributed by atoms with van der Waals surface area (Å²) in [7, 11) is 5.18. The second kappa shape index (κ2) is 10.9. The number of nitrogens with zero attached hydrogens (tertiary/aromatic N) is 3. The first-order chi connectivity index (χ1) is 13.5. The van der Waals surface area contributed by atoms with E-state index >= 15 is 0 Å². The van der Waals surface area contributed by atoms with Crippen LogP contribution in [0.1, 0.15) is 38.1 Å². The molecule has 0 saturated carbocycles. The van der Waals surface area contributed by atoms with Crippen molar-refractivity contribution < 1.29 is 14.3 Å². The normalized spacial score (nSPS) is 11.9. The fourth-order valence-corrected chi connectivity index (χ4v) is 3.58. The van der Waals surface area contributed by atoms with Gasteiger partial charge in [-0.3, -0.25) is 4.79 Å². The van der Waals surface area contributed by atoms with Crippen LogP contribution in [0.15, 0.2) is 23.4 Å². The Labute approximate surface area is 171 Å². The maximum absolute atomic E-state index is 12.4. The third-order valence-corrected chi connectivity index (χ3v) is 5.63. The molecule has 0 aliphatic carbocycles. The van der Waals surface area contributed by atoms with Gasteiger partial charge in [-0.15, -0.1) is 10.2 Å². The Morgan fingerprint density at radius 1 is 1.21 bits per heavy atom. The van der Waals surface area contributed by atoms with Crippen LogP contribution in [0.5, 0.6) is 11.5 Å². The predicted octanol–water partition coefficient (Wildman–Crippen LogP) is 3.01. The highest BCUT2D eigenvalue weighted by Gasteiger charge is 2.18. The van der Waals surface area contributed by atoms with Crippen molar-refractivity contribution in [2.24, 2.45) is 7.05 Å². The first kappa shape index (κ1) is 22.1. The predicted molar refractivity (Wildman–Crippen MR) is 111 cm³/mol. The molecule has 8 heteroatoms. The van der Waals surface area contributed by atoms with Crippen LogP contribution in [0.25, 0.3) is 0 Å². The average Bonchev–Trinajstić information content (AvgIpc) is 3.05. The quantitative estimate of drug-likeness (QED) is 0.578. The van der Waals surface area contributed by atoms with Crippen LogP contribution in [-0.4, -0.2) is 46.7 Å². The van der Waals surface area contributed by atoms with E-state index in [4.69, 9.17) is 9.47 Å². The number of thioether (sulfide) groups is 1. The lowest BCUT2D eigenvalue weighted by molar-refractivity contribution is -0.120. The van der Waals surface area contributed by atoms with Crippen molar-refractivity contribution in [1.82, 2.24) is 20.1 Å². The maximum atomic E-state index is 12.4. The Morgan fingerprint density at radius 3 is 2.64 bits per heavy atom. The number of nitrogens with one attached hydrogen (secondary N) is 1. The zero-order valence-electron chi connectivity index (χ0n) is 17.3. The fourth-order valence-electron chi connectivity index (χ4n) is 2.72. The minimum Gasteiger partial charge on any atom is -0.493 e. The van der Waals surface area contributed by atoms with E-state index < -0.39 is 0 Å². The molecule has 2 aromatic rings. The van der Waals surface area contributed by atoms with Gasteiger partial charge in [0.05, 0.1) is 19.5 Å². The summed E-state index contributed by atoms with van der Waals surface area (Å²) in [6, 6.07) is 5.78. The number of unbranched alkanes of at least 4 members (excludes halogenated alkanes) is 1. The van der Waals surface area contributed by atoms with E-state index in [2.05, 4.69) is 22.4 Å². The molecule has 1 heterocycles. The molecule has 154 valence electrons. The molecule has 1 aromatic heterocycles. The van der Waals surface area contributed by atoms with Crippen LogP contribution in [0.2, 0.25) is 0 Å². The first-order valence-corrected chi connectivity index (χ1v) is 10.4. The van der Waals surface area contributed by atoms with Gasteiger partial charge in [0.15, 0.2) is 16.7 Å². The van der Waals surface area contributed by atoms with Gasteiger partial charge in [-0.2, -0.15) is 0 Å². The lowest BCUT2D eigenvalue weighted by atomic mass is 10.1. The Kier molecular flexibility index (Phi) is 8.63. The molecule has 1 N–H and O–H groups in total. The fraction of sp³-hybridized carbons (Fsp3) is 0.550. The number of hydrogen-bond acceptors (Lipinski definition) is 6. The van der Waals surface area contributed by atoms with Crippen LogP contribution in [0.3, 0.4) is 0 Å². The first-order valence-electron chi connectivity index (χ1n) is 9.53. The molecule has 1 aromatic carbocycles. The summed E-state index contributed by atoms with van der Waals surface area (Å²) in [5.74, 6) is 2.34. The van der Waals surface area contributed by atoms with Gasteiger partial charge in [0.2, 0.25) is 5.91 Å². The molecule has 1 atom stereocenters. The molecule has 2 rings (SSSR count). The molecule has 0 unspecified atom stereocenters. The van der Waals surface area contributed by atoms with Gasteiger partial charge in [0, 0.05) is 20.0 Å². The number of carbonyl (C=O) groups is 1. The van der Waals surface area contributed by atoms with E-state index in [1.165, 1.54) is 11.8 Å². The standard InChI is InChI=1S/C20H30N4O3S/c1-6-7-8-18-22-23-20(24(18)3)28-14(2)19(25)21-12-11-15-9-10-16(26-4)17(13-15)27-5/h9-10,13-14H,6-8,11-12H2,1-5H3,(H,21,25)/t14-/m0/s1. The van der Waals surface area contributed by atoms with Crippen LogP contribution in [0.4, 0.5) is 0 Å². The van der Waals surface area contributed by atoms with Gasteiger partial charge < -0.3 is 19.4 Å². The summed E-state index contributed by atoms with van der Waals surface area (Å²) in [6.45, 7) is 4.59. The van der Waals surface area contributed by atoms with E-state index in [1.54, 1.807) is 14.2 Å². The van der Waals surface area contributed by atoms with Gasteiger partial charge >= 0.3 is 0 Å². The molecule has 0 fully saturated rings. The topological polar surface area (TPSA) is 78.3 Å². The summed E-state index contributed by atoms with van der Waals surface area (Å²) in [5, 5.41) is 12.0. The van der Waals surface area contributed by atoms with Crippen LogP contribution in [0, 0.1) is 0 Å². The molecule has 0 bridgehead atoms. The highest BCUT2D eigenvalue weighted by molar-refractivity contribution is 8.00. The van der Waals surface area contributed by atoms with Crippen molar-refractivity contribution in [2.75, 3.05) is 20.8 Å². The van der Waals surface area contributed by atoms with E-state index in [0.29, 0.717) is 24.5 Å². The lowest BCUT2D eigenvalue weighted by Gasteiger charge is -2.13. The number of benzene rings is 1. The number of aryl methyl sites for hydroxylation is 1. The van der Waals surface area contributed by atoms with E-state index in [9.17, 15) is 4.79 Å². The third-order valence-electron chi connectivity index (χ3n) is 4.49. The number of methoxy groups -OCH3 is 2. The minimum absolute atomic E-state index is 0.0106. The lowest BCUT2D eigenvalue weighted by Crippen LogP contribution is -2.32. The van der Waals surface area contributed by atoms with Crippen LogP contribution >= 0.6 is 11.8 Å². The zero-order chi connectivity index (χ0) is 20.5. The number of carbonyl (C=O) groups excluding carboxylic acids is 1. The Bertz CT molecular complexity index is 779. The van der Waals surface area contributed by atoms with Crippen molar-refractivity contribution in [3.8, 4) is 11.5 Å². The largest absolute Gasteiger partial charge is 0.493 e. The zero-order valence-corrected chi connectivity index (χ0v) is 18.1. The van der Waals surface area contributed by atoms with Gasteiger partial charge in [-0.05, 0) is 37.5 Å². The molecule has 7 nitrogen and oxygen atoms in total. The van der Waals surface area contributed by atoms with Crippen molar-refractivity contribution in [1.29, 1.82) is 0 Å². The molecule has 0 aliphatic heterocycles. The summed E-state index contributed by atoms with van der Waals surface area (Å²) < 4.78 is 12.5. The third kappa shape index (κ3) is 5.89. The molecule has 0 aliphatic rings. The van der Waals surface area contributed by atoms with E-state index in [-0.39, 0.29) is 11.2 Å². The number of ether oxygens (including phenoxy) is 2. The summed E-state index contributed by atoms with van der Waals surface area (Å²) in [4.78, 5) is 12.4. The van der Waals surface area contributed by atoms with Gasteiger partial charge in [-0.1, -0.05) is 31.2 Å². The highest BCUT2D eigenvalue weighted by atomic mass is 32.2. The van der Waals surface area contributed by atoms with Crippen molar-refractivity contribution >= 4 is 17.7 Å². The minimum atomic E-state index is -0.243. The molecule has 0 saturated heterocycles. The maximum Gasteiger partial charge on any atom is 0.233 e. The monoisotopic (exact) mass is 406 g/mol. The van der Waals surface area contributed by atoms with Crippen molar-refractivity contribution in [3.63, 3.8) is 0 Å². The molecular formula is C20H30N4O3S. The average molecular weight is 407 g/mol. The Morgan fingerprint density at radius 2 is 1.96 bits per heavy atom. The van der Waals surface area contributed by atoms with Gasteiger partial charge in [0.1, 0.15) is 5.82 Å². The number of rotatable bonds is 11. The molecule has 28 heavy (non-hydrogen) atoms.